The molecule has 3 heteroatoms. The molecule has 2 atom stereocenters. The molecule has 0 aliphatic heterocycles. The van der Waals surface area contributed by atoms with Crippen LogP contribution >= 0.6 is 0 Å². The Morgan fingerprint density at radius 2 is 1.94 bits per heavy atom. The Morgan fingerprint density at radius 3 is 2.47 bits per heavy atom. The summed E-state index contributed by atoms with van der Waals surface area (Å²) in [6.45, 7) is 8.03. The first-order valence-corrected chi connectivity index (χ1v) is 5.86. The molecule has 94 valence electrons. The number of hydrogen-bond donors (Lipinski definition) is 1. The van der Waals surface area contributed by atoms with Gasteiger partial charge < -0.3 is 4.74 Å². The number of esters is 1. The van der Waals surface area contributed by atoms with E-state index in [-0.39, 0.29) is 18.1 Å². The van der Waals surface area contributed by atoms with E-state index in [1.54, 1.807) is 0 Å². The van der Waals surface area contributed by atoms with Gasteiger partial charge in [-0.3, -0.25) is 10.1 Å². The van der Waals surface area contributed by atoms with Gasteiger partial charge in [0.25, 0.3) is 0 Å². The van der Waals surface area contributed by atoms with Crippen molar-refractivity contribution in [3.05, 3.63) is 34.9 Å². The standard InChI is InChI=1S/C14H21NO2/c1-9-6-7-13(10(2)8-9)11(3)15-12(4)14(16)17-5/h6-8,11-12,15H,1-5H3/t11?,12-/m0/s1. The fourth-order valence-electron chi connectivity index (χ4n) is 2.02. The molecule has 0 radical (unpaired) electrons. The summed E-state index contributed by atoms with van der Waals surface area (Å²) >= 11 is 0. The second kappa shape index (κ2) is 5.82. The average Bonchev–Trinajstić information content (AvgIpc) is 2.27. The summed E-state index contributed by atoms with van der Waals surface area (Å²) in [5.41, 5.74) is 3.70. The smallest absolute Gasteiger partial charge is 0.322 e. The van der Waals surface area contributed by atoms with Crippen LogP contribution in [0, 0.1) is 13.8 Å². The fourth-order valence-corrected chi connectivity index (χ4v) is 2.02. The molecule has 1 rings (SSSR count). The summed E-state index contributed by atoms with van der Waals surface area (Å²) in [4.78, 5) is 11.3. The third-order valence-electron chi connectivity index (χ3n) is 2.95. The van der Waals surface area contributed by atoms with Crippen LogP contribution in [0.1, 0.15) is 36.6 Å². The van der Waals surface area contributed by atoms with Crippen LogP contribution in [0.4, 0.5) is 0 Å². The Balaban J connectivity index is 2.76. The molecular weight excluding hydrogens is 214 g/mol. The van der Waals surface area contributed by atoms with E-state index in [1.165, 1.54) is 23.8 Å². The summed E-state index contributed by atoms with van der Waals surface area (Å²) in [7, 11) is 1.41. The number of aryl methyl sites for hydroxylation is 2. The zero-order valence-corrected chi connectivity index (χ0v) is 11.2. The zero-order valence-electron chi connectivity index (χ0n) is 11.2. The van der Waals surface area contributed by atoms with E-state index in [4.69, 9.17) is 4.74 Å². The Bertz CT molecular complexity index is 401. The van der Waals surface area contributed by atoms with Gasteiger partial charge in [0.05, 0.1) is 7.11 Å². The highest BCUT2D eigenvalue weighted by molar-refractivity contribution is 5.75. The molecule has 3 nitrogen and oxygen atoms in total. The van der Waals surface area contributed by atoms with Gasteiger partial charge in [0, 0.05) is 6.04 Å². The van der Waals surface area contributed by atoms with Crippen LogP contribution in [-0.2, 0) is 9.53 Å². The van der Waals surface area contributed by atoms with E-state index < -0.39 is 0 Å². The van der Waals surface area contributed by atoms with Crippen molar-refractivity contribution in [2.24, 2.45) is 0 Å². The SMILES string of the molecule is COC(=O)[C@H](C)NC(C)c1ccc(C)cc1C. The van der Waals surface area contributed by atoms with Crippen molar-refractivity contribution in [3.8, 4) is 0 Å². The van der Waals surface area contributed by atoms with Gasteiger partial charge in [-0.25, -0.2) is 0 Å². The van der Waals surface area contributed by atoms with Crippen LogP contribution in [0.25, 0.3) is 0 Å². The van der Waals surface area contributed by atoms with Crippen LogP contribution < -0.4 is 5.32 Å². The monoisotopic (exact) mass is 235 g/mol. The molecule has 1 unspecified atom stereocenters. The normalized spacial score (nSPS) is 14.2. The molecule has 0 saturated heterocycles. The molecule has 17 heavy (non-hydrogen) atoms. The van der Waals surface area contributed by atoms with Crippen molar-refractivity contribution in [2.75, 3.05) is 7.11 Å². The van der Waals surface area contributed by atoms with Crippen molar-refractivity contribution < 1.29 is 9.53 Å². The minimum absolute atomic E-state index is 0.129. The summed E-state index contributed by atoms with van der Waals surface area (Å²) < 4.78 is 4.70. The van der Waals surface area contributed by atoms with E-state index in [0.717, 1.165) is 0 Å². The van der Waals surface area contributed by atoms with Crippen molar-refractivity contribution >= 4 is 5.97 Å². The first kappa shape index (κ1) is 13.7. The highest BCUT2D eigenvalue weighted by Crippen LogP contribution is 2.19. The van der Waals surface area contributed by atoms with Crippen LogP contribution in [0.2, 0.25) is 0 Å². The van der Waals surface area contributed by atoms with Gasteiger partial charge >= 0.3 is 5.97 Å². The summed E-state index contributed by atoms with van der Waals surface area (Å²) in [6.07, 6.45) is 0. The number of ether oxygens (including phenoxy) is 1. The molecule has 0 bridgehead atoms. The quantitative estimate of drug-likeness (QED) is 0.815. The molecular formula is C14H21NO2. The lowest BCUT2D eigenvalue weighted by Crippen LogP contribution is -2.36. The van der Waals surface area contributed by atoms with E-state index in [2.05, 4.69) is 44.3 Å². The summed E-state index contributed by atoms with van der Waals surface area (Å²) in [5.74, 6) is -0.235. The van der Waals surface area contributed by atoms with E-state index in [1.807, 2.05) is 6.92 Å². The Morgan fingerprint density at radius 1 is 1.29 bits per heavy atom. The molecule has 1 aromatic rings. The Kier molecular flexibility index (Phi) is 4.70. The first-order valence-electron chi connectivity index (χ1n) is 5.86. The van der Waals surface area contributed by atoms with Gasteiger partial charge in [0.2, 0.25) is 0 Å². The molecule has 0 heterocycles. The highest BCUT2D eigenvalue weighted by Gasteiger charge is 2.17. The van der Waals surface area contributed by atoms with Crippen LogP contribution in [-0.4, -0.2) is 19.1 Å². The largest absolute Gasteiger partial charge is 0.468 e. The van der Waals surface area contributed by atoms with Crippen LogP contribution in [0.3, 0.4) is 0 Å². The molecule has 0 saturated carbocycles. The highest BCUT2D eigenvalue weighted by atomic mass is 16.5. The number of carbonyl (C=O) groups is 1. The maximum absolute atomic E-state index is 11.3. The third-order valence-corrected chi connectivity index (χ3v) is 2.95. The van der Waals surface area contributed by atoms with E-state index in [9.17, 15) is 4.79 Å². The Hall–Kier alpha value is -1.35. The van der Waals surface area contributed by atoms with Gasteiger partial charge in [-0.15, -0.1) is 0 Å². The molecule has 0 aromatic heterocycles. The summed E-state index contributed by atoms with van der Waals surface area (Å²) in [6, 6.07) is 6.17. The molecule has 0 amide bonds. The zero-order chi connectivity index (χ0) is 13.0. The van der Waals surface area contributed by atoms with Crippen LogP contribution in [0.5, 0.6) is 0 Å². The number of methoxy groups -OCH3 is 1. The molecule has 1 aromatic carbocycles. The molecule has 0 spiro atoms. The predicted molar refractivity (Wildman–Crippen MR) is 68.9 cm³/mol. The van der Waals surface area contributed by atoms with Gasteiger partial charge in [-0.05, 0) is 38.8 Å². The van der Waals surface area contributed by atoms with Crippen LogP contribution in [0.15, 0.2) is 18.2 Å². The van der Waals surface area contributed by atoms with Gasteiger partial charge in [0.15, 0.2) is 0 Å². The van der Waals surface area contributed by atoms with Crippen molar-refractivity contribution in [2.45, 2.75) is 39.8 Å². The lowest BCUT2D eigenvalue weighted by Gasteiger charge is -2.20. The first-order chi connectivity index (χ1) is 7.95. The van der Waals surface area contributed by atoms with Crippen molar-refractivity contribution in [3.63, 3.8) is 0 Å². The maximum atomic E-state index is 11.3. The molecule has 0 aliphatic rings. The minimum Gasteiger partial charge on any atom is -0.468 e. The average molecular weight is 235 g/mol. The van der Waals surface area contributed by atoms with Crippen molar-refractivity contribution in [1.82, 2.24) is 5.32 Å². The third kappa shape index (κ3) is 3.56. The minimum atomic E-state index is -0.296. The summed E-state index contributed by atoms with van der Waals surface area (Å²) in [5, 5.41) is 3.23. The van der Waals surface area contributed by atoms with Gasteiger partial charge in [-0.2, -0.15) is 0 Å². The number of nitrogens with one attached hydrogen (secondary N) is 1. The Labute approximate surface area is 103 Å². The number of hydrogen-bond acceptors (Lipinski definition) is 3. The van der Waals surface area contributed by atoms with E-state index >= 15 is 0 Å². The predicted octanol–water partition coefficient (Wildman–Crippen LogP) is 2.52. The number of benzene rings is 1. The fraction of sp³-hybridized carbons (Fsp3) is 0.500. The lowest BCUT2D eigenvalue weighted by molar-refractivity contribution is -0.142. The van der Waals surface area contributed by atoms with Crippen molar-refractivity contribution in [1.29, 1.82) is 0 Å². The van der Waals surface area contributed by atoms with Gasteiger partial charge in [-0.1, -0.05) is 23.8 Å². The molecule has 0 aliphatic carbocycles. The molecule has 1 N–H and O–H groups in total. The van der Waals surface area contributed by atoms with E-state index in [0.29, 0.717) is 0 Å². The lowest BCUT2D eigenvalue weighted by atomic mass is 10.00. The van der Waals surface area contributed by atoms with Gasteiger partial charge in [0.1, 0.15) is 6.04 Å². The topological polar surface area (TPSA) is 38.3 Å². The maximum Gasteiger partial charge on any atom is 0.322 e. The number of rotatable bonds is 4. The molecule has 0 fully saturated rings. The second-order valence-corrected chi connectivity index (χ2v) is 4.49. The second-order valence-electron chi connectivity index (χ2n) is 4.49. The number of carbonyl (C=O) groups excluding carboxylic acids is 1.